The average Bonchev–Trinajstić information content (AvgIpc) is 3.03. The van der Waals surface area contributed by atoms with Gasteiger partial charge in [-0.05, 0) is 117 Å². The molecule has 1 unspecified atom stereocenters. The Morgan fingerprint density at radius 1 is 0.940 bits per heavy atom. The molecular formula is C40H64O10. The van der Waals surface area contributed by atoms with Crippen LogP contribution in [0.4, 0.5) is 0 Å². The number of aliphatic hydroxyl groups is 5. The van der Waals surface area contributed by atoms with E-state index >= 15 is 0 Å². The van der Waals surface area contributed by atoms with Gasteiger partial charge in [-0.3, -0.25) is 9.59 Å². The second kappa shape index (κ2) is 12.3. The maximum Gasteiger partial charge on any atom is 0.309 e. The third-order valence-electron chi connectivity index (χ3n) is 16.4. The molecule has 0 amide bonds. The van der Waals surface area contributed by atoms with E-state index in [0.717, 1.165) is 38.5 Å². The third-order valence-corrected chi connectivity index (χ3v) is 16.4. The highest BCUT2D eigenvalue weighted by Crippen LogP contribution is 2.75. The van der Waals surface area contributed by atoms with Gasteiger partial charge in [0, 0.05) is 12.3 Å². The van der Waals surface area contributed by atoms with Crippen LogP contribution in [0.2, 0.25) is 0 Å². The lowest BCUT2D eigenvalue weighted by Crippen LogP contribution is -2.67. The van der Waals surface area contributed by atoms with Gasteiger partial charge in [0.05, 0.1) is 36.9 Å². The first-order valence-electron chi connectivity index (χ1n) is 19.2. The molecule has 6 rings (SSSR count). The molecule has 4 saturated carbocycles. The van der Waals surface area contributed by atoms with Crippen molar-refractivity contribution in [3.8, 4) is 0 Å². The summed E-state index contributed by atoms with van der Waals surface area (Å²) >= 11 is 0. The van der Waals surface area contributed by atoms with Crippen LogP contribution in [0.5, 0.6) is 0 Å². The van der Waals surface area contributed by atoms with E-state index in [4.69, 9.17) is 9.47 Å². The number of ketones is 1. The van der Waals surface area contributed by atoms with E-state index in [1.807, 2.05) is 13.0 Å². The molecule has 15 atom stereocenters. The number of hydrogen-bond acceptors (Lipinski definition) is 9. The SMILES string of the molecule is C[C@@H]1O[C@@H](CC(O)(CO)CO[C@H]2CC[C@]3(C)[C@H]4C(=O)C=C5[C@@H]6C[C@@](C)(C(=O)O)CC[C@]6(C)CC[C@@]5(C)[C@]4(C)CC[C@H]3C2(C)C)[C@@H](O)[C@H](O)[C@@H]1O. The lowest BCUT2D eigenvalue weighted by molar-refractivity contribution is -0.240. The molecule has 5 aliphatic carbocycles. The zero-order chi connectivity index (χ0) is 37.0. The highest BCUT2D eigenvalue weighted by atomic mass is 16.5. The molecule has 1 aliphatic heterocycles. The molecule has 0 radical (unpaired) electrons. The van der Waals surface area contributed by atoms with E-state index in [9.17, 15) is 40.2 Å². The largest absolute Gasteiger partial charge is 0.481 e. The number of carbonyl (C=O) groups excluding carboxylic acids is 1. The van der Waals surface area contributed by atoms with Crippen LogP contribution in [-0.2, 0) is 19.1 Å². The van der Waals surface area contributed by atoms with Crippen LogP contribution < -0.4 is 0 Å². The van der Waals surface area contributed by atoms with E-state index < -0.39 is 54.1 Å². The summed E-state index contributed by atoms with van der Waals surface area (Å²) in [6.45, 7) is 16.4. The molecule has 0 aromatic carbocycles. The summed E-state index contributed by atoms with van der Waals surface area (Å²) in [5.74, 6) is -0.485. The smallest absolute Gasteiger partial charge is 0.309 e. The van der Waals surface area contributed by atoms with Crippen LogP contribution in [0.15, 0.2) is 11.6 Å². The molecule has 10 heteroatoms. The summed E-state index contributed by atoms with van der Waals surface area (Å²) in [6.07, 6.45) is 3.09. The number of ether oxygens (including phenoxy) is 2. The van der Waals surface area contributed by atoms with Crippen molar-refractivity contribution in [3.63, 3.8) is 0 Å². The third kappa shape index (κ3) is 5.51. The van der Waals surface area contributed by atoms with Gasteiger partial charge in [-0.1, -0.05) is 47.1 Å². The van der Waals surface area contributed by atoms with Gasteiger partial charge >= 0.3 is 5.97 Å². The second-order valence-electron chi connectivity index (χ2n) is 19.7. The Labute approximate surface area is 298 Å². The van der Waals surface area contributed by atoms with Gasteiger partial charge in [0.1, 0.15) is 23.9 Å². The van der Waals surface area contributed by atoms with E-state index in [-0.39, 0.29) is 69.7 Å². The number of allylic oxidation sites excluding steroid dienone is 2. The fourth-order valence-corrected chi connectivity index (χ4v) is 12.8. The minimum atomic E-state index is -1.74. The van der Waals surface area contributed by atoms with Gasteiger partial charge in [0.15, 0.2) is 5.78 Å². The number of aliphatic hydroxyl groups excluding tert-OH is 4. The quantitative estimate of drug-likeness (QED) is 0.223. The van der Waals surface area contributed by atoms with Crippen molar-refractivity contribution < 1.29 is 49.7 Å². The van der Waals surface area contributed by atoms with Crippen LogP contribution in [0, 0.1) is 50.2 Å². The Hall–Kier alpha value is -1.40. The predicted octanol–water partition coefficient (Wildman–Crippen LogP) is 4.42. The van der Waals surface area contributed by atoms with E-state index in [1.165, 1.54) is 5.57 Å². The summed E-state index contributed by atoms with van der Waals surface area (Å²) in [7, 11) is 0. The number of rotatable bonds is 7. The van der Waals surface area contributed by atoms with E-state index in [1.54, 1.807) is 6.92 Å². The lowest BCUT2D eigenvalue weighted by Gasteiger charge is -2.70. The molecule has 0 aromatic heterocycles. The number of aliphatic carboxylic acids is 1. The van der Waals surface area contributed by atoms with E-state index in [0.29, 0.717) is 19.3 Å². The molecule has 284 valence electrons. The topological polar surface area (TPSA) is 174 Å². The van der Waals surface area contributed by atoms with Crippen molar-refractivity contribution in [2.24, 2.45) is 50.2 Å². The van der Waals surface area contributed by atoms with Gasteiger partial charge in [0.25, 0.3) is 0 Å². The Bertz CT molecular complexity index is 1400. The number of carboxylic acid groups (broad SMARTS) is 1. The first-order valence-corrected chi connectivity index (χ1v) is 19.2. The standard InChI is InChI=1S/C40H64O10/c1-22-29(43)31(45)30(44)26(50-22)19-40(48,20-41)21-49-28-10-11-37(6)27(34(28,2)3)9-12-39(8)32(37)25(42)17-23-24-18-36(5,33(46)47)14-13-35(24,4)15-16-38(23,39)7/h17,22,24,26-32,41,43-45,48H,9-16,18-21H2,1-8H3,(H,46,47)/t22-,24-,26-,27-,28-,29+,30+,31+,32+,35+,36-,37-,38+,39+,40?/m0/s1. The number of carbonyl (C=O) groups is 2. The van der Waals surface area contributed by atoms with Gasteiger partial charge < -0.3 is 40.1 Å². The average molecular weight is 705 g/mol. The van der Waals surface area contributed by atoms with Gasteiger partial charge in [-0.2, -0.15) is 0 Å². The van der Waals surface area contributed by atoms with E-state index in [2.05, 4.69) is 41.5 Å². The second-order valence-corrected chi connectivity index (χ2v) is 19.7. The van der Waals surface area contributed by atoms with Gasteiger partial charge in [-0.15, -0.1) is 0 Å². The predicted molar refractivity (Wildman–Crippen MR) is 186 cm³/mol. The molecule has 5 fully saturated rings. The molecular weight excluding hydrogens is 640 g/mol. The fraction of sp³-hybridized carbons (Fsp3) is 0.900. The van der Waals surface area contributed by atoms with Crippen molar-refractivity contribution in [1.29, 1.82) is 0 Å². The Morgan fingerprint density at radius 3 is 2.24 bits per heavy atom. The van der Waals surface area contributed by atoms with Crippen LogP contribution >= 0.6 is 0 Å². The summed E-state index contributed by atoms with van der Waals surface area (Å²) in [6, 6.07) is 0. The summed E-state index contributed by atoms with van der Waals surface area (Å²) in [4.78, 5) is 27.1. The molecule has 6 N–H and O–H groups in total. The highest BCUT2D eigenvalue weighted by Gasteiger charge is 2.70. The van der Waals surface area contributed by atoms with Gasteiger partial charge in [0.2, 0.25) is 0 Å². The normalized spacial score (nSPS) is 51.3. The first-order chi connectivity index (χ1) is 23.0. The number of hydrogen-bond donors (Lipinski definition) is 6. The number of fused-ring (bicyclic) bond motifs is 7. The zero-order valence-electron chi connectivity index (χ0n) is 31.6. The first kappa shape index (κ1) is 38.3. The lowest BCUT2D eigenvalue weighted by atomic mass is 9.33. The number of carboxylic acids is 1. The maximum atomic E-state index is 14.7. The van der Waals surface area contributed by atoms with Crippen molar-refractivity contribution >= 4 is 11.8 Å². The molecule has 0 bridgehead atoms. The molecule has 50 heavy (non-hydrogen) atoms. The van der Waals surface area contributed by atoms with Crippen molar-refractivity contribution in [2.75, 3.05) is 13.2 Å². The van der Waals surface area contributed by atoms with Crippen molar-refractivity contribution in [2.45, 2.75) is 162 Å². The molecule has 1 saturated heterocycles. The molecule has 1 heterocycles. The summed E-state index contributed by atoms with van der Waals surface area (Å²) in [5.41, 5.74) is -2.45. The minimum absolute atomic E-state index is 0.000718. The van der Waals surface area contributed by atoms with Crippen LogP contribution in [0.25, 0.3) is 0 Å². The zero-order valence-corrected chi connectivity index (χ0v) is 31.6. The maximum absolute atomic E-state index is 14.7. The monoisotopic (exact) mass is 704 g/mol. The van der Waals surface area contributed by atoms with Crippen LogP contribution in [-0.4, -0.2) is 97.8 Å². The van der Waals surface area contributed by atoms with Crippen molar-refractivity contribution in [1.82, 2.24) is 0 Å². The van der Waals surface area contributed by atoms with Crippen LogP contribution in [0.3, 0.4) is 0 Å². The fourth-order valence-electron chi connectivity index (χ4n) is 12.8. The molecule has 0 spiro atoms. The Balaban J connectivity index is 1.23. The Kier molecular flexibility index (Phi) is 9.44. The van der Waals surface area contributed by atoms with Gasteiger partial charge in [-0.25, -0.2) is 0 Å². The van der Waals surface area contributed by atoms with Crippen LogP contribution in [0.1, 0.15) is 120 Å². The molecule has 6 aliphatic rings. The summed E-state index contributed by atoms with van der Waals surface area (Å²) < 4.78 is 12.2. The highest BCUT2D eigenvalue weighted by molar-refractivity contribution is 5.95. The van der Waals surface area contributed by atoms with Crippen molar-refractivity contribution in [3.05, 3.63) is 11.6 Å². The molecule has 0 aromatic rings. The minimum Gasteiger partial charge on any atom is -0.481 e. The summed E-state index contributed by atoms with van der Waals surface area (Å²) in [5, 5.41) is 62.9. The molecule has 10 nitrogen and oxygen atoms in total. The Morgan fingerprint density at radius 2 is 1.60 bits per heavy atom.